The van der Waals surface area contributed by atoms with Crippen molar-refractivity contribution in [1.82, 2.24) is 40.0 Å². The van der Waals surface area contributed by atoms with Gasteiger partial charge >= 0.3 is 0 Å². The highest BCUT2D eigenvalue weighted by Gasteiger charge is 2.19. The number of rotatable bonds is 10. The van der Waals surface area contributed by atoms with Gasteiger partial charge in [-0.05, 0) is 80.6 Å². The van der Waals surface area contributed by atoms with Crippen LogP contribution in [0.4, 0.5) is 10.1 Å². The number of fused-ring (bicyclic) bond motifs is 2. The summed E-state index contributed by atoms with van der Waals surface area (Å²) in [6, 6.07) is 10.5. The van der Waals surface area contributed by atoms with E-state index in [1.165, 1.54) is 44.2 Å². The monoisotopic (exact) mass is 659 g/mol. The number of H-pyrrole nitrogens is 2. The van der Waals surface area contributed by atoms with Crippen molar-refractivity contribution in [1.29, 1.82) is 0 Å². The lowest BCUT2D eigenvalue weighted by Gasteiger charge is -2.20. The molecule has 0 atom stereocenters. The van der Waals surface area contributed by atoms with Crippen LogP contribution < -0.4 is 10.1 Å². The molecular formula is C37H38FN9O2. The van der Waals surface area contributed by atoms with Crippen molar-refractivity contribution in [3.8, 4) is 39.5 Å². The molecule has 12 heteroatoms. The van der Waals surface area contributed by atoms with Crippen molar-refractivity contribution in [3.63, 3.8) is 0 Å². The third kappa shape index (κ3) is 6.86. The largest absolute Gasteiger partial charge is 0.492 e. The Balaban J connectivity index is 1.05. The van der Waals surface area contributed by atoms with Gasteiger partial charge in [0.05, 0.1) is 22.8 Å². The van der Waals surface area contributed by atoms with E-state index >= 15 is 0 Å². The average molecular weight is 660 g/mol. The molecule has 1 aliphatic heterocycles. The van der Waals surface area contributed by atoms with Gasteiger partial charge in [0.2, 0.25) is 5.91 Å². The second kappa shape index (κ2) is 13.7. The number of nitrogens with one attached hydrogen (secondary N) is 3. The lowest BCUT2D eigenvalue weighted by Crippen LogP contribution is -2.25. The molecule has 5 aromatic heterocycles. The number of carbonyl (C=O) groups is 1. The molecule has 0 bridgehead atoms. The molecule has 2 aliphatic rings. The zero-order valence-corrected chi connectivity index (χ0v) is 27.2. The first-order valence-electron chi connectivity index (χ1n) is 17.2. The predicted octanol–water partition coefficient (Wildman–Crippen LogP) is 7.15. The third-order valence-electron chi connectivity index (χ3n) is 9.65. The Kier molecular flexibility index (Phi) is 8.69. The van der Waals surface area contributed by atoms with Crippen LogP contribution >= 0.6 is 0 Å². The molecule has 6 aromatic rings. The van der Waals surface area contributed by atoms with Gasteiger partial charge in [0.1, 0.15) is 23.9 Å². The number of hydrogen-bond donors (Lipinski definition) is 3. The van der Waals surface area contributed by atoms with E-state index < -0.39 is 0 Å². The van der Waals surface area contributed by atoms with E-state index in [0.29, 0.717) is 64.3 Å². The molecule has 1 saturated carbocycles. The molecule has 1 saturated heterocycles. The predicted molar refractivity (Wildman–Crippen MR) is 186 cm³/mol. The second-order valence-corrected chi connectivity index (χ2v) is 13.1. The van der Waals surface area contributed by atoms with E-state index in [2.05, 4.69) is 40.3 Å². The van der Waals surface area contributed by atoms with Gasteiger partial charge in [-0.2, -0.15) is 5.10 Å². The fraction of sp³-hybridized carbons (Fsp3) is 0.351. The number of carbonyl (C=O) groups excluding carboxylic acids is 1. The lowest BCUT2D eigenvalue weighted by atomic mass is 9.87. The molecule has 49 heavy (non-hydrogen) atoms. The maximum absolute atomic E-state index is 14.8. The van der Waals surface area contributed by atoms with Crippen molar-refractivity contribution in [2.24, 2.45) is 5.92 Å². The number of anilines is 1. The minimum Gasteiger partial charge on any atom is -0.492 e. The summed E-state index contributed by atoms with van der Waals surface area (Å²) < 4.78 is 20.8. The highest BCUT2D eigenvalue weighted by atomic mass is 19.1. The Morgan fingerprint density at radius 3 is 2.67 bits per heavy atom. The molecule has 1 aromatic carbocycles. The molecule has 3 N–H and O–H groups in total. The Labute approximate surface area is 282 Å². The number of aromatic nitrogens is 7. The first-order chi connectivity index (χ1) is 24.1. The number of amides is 1. The molecular weight excluding hydrogens is 621 g/mol. The summed E-state index contributed by atoms with van der Waals surface area (Å²) in [6.07, 6.45) is 15.7. The van der Waals surface area contributed by atoms with Crippen LogP contribution in [0.15, 0.2) is 61.2 Å². The maximum atomic E-state index is 14.8. The highest BCUT2D eigenvalue weighted by molar-refractivity contribution is 5.96. The maximum Gasteiger partial charge on any atom is 0.224 e. The molecule has 1 aliphatic carbocycles. The molecule has 6 heterocycles. The van der Waals surface area contributed by atoms with Crippen LogP contribution in [0.3, 0.4) is 0 Å². The Morgan fingerprint density at radius 1 is 0.939 bits per heavy atom. The van der Waals surface area contributed by atoms with Crippen LogP contribution in [0.2, 0.25) is 0 Å². The van der Waals surface area contributed by atoms with Crippen molar-refractivity contribution in [2.45, 2.75) is 51.4 Å². The van der Waals surface area contributed by atoms with E-state index in [-0.39, 0.29) is 11.7 Å². The van der Waals surface area contributed by atoms with E-state index in [9.17, 15) is 9.18 Å². The van der Waals surface area contributed by atoms with Gasteiger partial charge < -0.3 is 15.0 Å². The molecule has 1 amide bonds. The van der Waals surface area contributed by atoms with Crippen LogP contribution in [-0.2, 0) is 4.79 Å². The molecule has 250 valence electrons. The molecule has 0 spiro atoms. The molecule has 2 fully saturated rings. The van der Waals surface area contributed by atoms with Gasteiger partial charge in [0.15, 0.2) is 17.1 Å². The van der Waals surface area contributed by atoms with Gasteiger partial charge in [-0.1, -0.05) is 19.3 Å². The lowest BCUT2D eigenvalue weighted by molar-refractivity contribution is -0.117. The van der Waals surface area contributed by atoms with Gasteiger partial charge in [-0.3, -0.25) is 19.8 Å². The number of likely N-dealkylation sites (tertiary alicyclic amines) is 1. The molecule has 8 rings (SSSR count). The topological polar surface area (TPSA) is 138 Å². The minimum atomic E-state index is -0.376. The number of ether oxygens (including phenoxy) is 1. The normalized spacial score (nSPS) is 15.7. The summed E-state index contributed by atoms with van der Waals surface area (Å²) in [7, 11) is 0. The number of pyridine rings is 3. The summed E-state index contributed by atoms with van der Waals surface area (Å²) >= 11 is 0. The van der Waals surface area contributed by atoms with Crippen molar-refractivity contribution in [3.05, 3.63) is 67.0 Å². The fourth-order valence-electron chi connectivity index (χ4n) is 7.14. The zero-order chi connectivity index (χ0) is 33.2. The fourth-order valence-corrected chi connectivity index (χ4v) is 7.14. The SMILES string of the molecule is O=C(CC1CCCCC1)Nc1cncc(-c2cnc3n[nH]c(-c4nc5nccc(-c6cc(F)cc(OCCN7CCCC7)c6)c5[nH]4)c3c2)c1. The summed E-state index contributed by atoms with van der Waals surface area (Å²) in [5.74, 6) is 1.11. The van der Waals surface area contributed by atoms with Crippen molar-refractivity contribution < 1.29 is 13.9 Å². The quantitative estimate of drug-likeness (QED) is 0.141. The van der Waals surface area contributed by atoms with E-state index in [0.717, 1.165) is 54.6 Å². The highest BCUT2D eigenvalue weighted by Crippen LogP contribution is 2.34. The van der Waals surface area contributed by atoms with Gasteiger partial charge in [0.25, 0.3) is 0 Å². The van der Waals surface area contributed by atoms with E-state index in [4.69, 9.17) is 9.72 Å². The standard InChI is InChI=1S/C37H38FN9O2/c38-27-15-24(17-29(19-27)49-13-12-47-10-4-5-11-47)30-8-9-40-36-33(30)43-37(44-36)34-31-18-26(21-41-35(31)46-45-34)25-16-28(22-39-20-25)42-32(48)14-23-6-2-1-3-7-23/h8-9,15-23H,1-7,10-14H2,(H,42,48)(H,40,43,44)(H,41,45,46). The summed E-state index contributed by atoms with van der Waals surface area (Å²) in [5, 5.41) is 11.3. The summed E-state index contributed by atoms with van der Waals surface area (Å²) in [4.78, 5) is 36.8. The smallest absolute Gasteiger partial charge is 0.224 e. The van der Waals surface area contributed by atoms with Crippen LogP contribution in [0, 0.1) is 11.7 Å². The van der Waals surface area contributed by atoms with Crippen molar-refractivity contribution in [2.75, 3.05) is 31.6 Å². The van der Waals surface area contributed by atoms with Gasteiger partial charge in [-0.15, -0.1) is 0 Å². The van der Waals surface area contributed by atoms with E-state index in [1.54, 1.807) is 24.8 Å². The number of imidazole rings is 1. The zero-order valence-electron chi connectivity index (χ0n) is 27.2. The third-order valence-corrected chi connectivity index (χ3v) is 9.65. The molecule has 0 radical (unpaired) electrons. The Bertz CT molecular complexity index is 2110. The second-order valence-electron chi connectivity index (χ2n) is 13.1. The molecule has 0 unspecified atom stereocenters. The van der Waals surface area contributed by atoms with Gasteiger partial charge in [0, 0.05) is 54.3 Å². The van der Waals surface area contributed by atoms with Crippen LogP contribution in [0.5, 0.6) is 5.75 Å². The van der Waals surface area contributed by atoms with Gasteiger partial charge in [-0.25, -0.2) is 19.3 Å². The van der Waals surface area contributed by atoms with E-state index in [1.807, 2.05) is 24.3 Å². The van der Waals surface area contributed by atoms with Crippen LogP contribution in [0.1, 0.15) is 51.4 Å². The number of hydrogen-bond acceptors (Lipinski definition) is 8. The van der Waals surface area contributed by atoms with Crippen LogP contribution in [0.25, 0.3) is 56.0 Å². The first-order valence-corrected chi connectivity index (χ1v) is 17.2. The van der Waals surface area contributed by atoms with Crippen molar-refractivity contribution >= 4 is 33.8 Å². The Hall–Kier alpha value is -5.23. The average Bonchev–Trinajstić information content (AvgIpc) is 3.88. The first kappa shape index (κ1) is 31.1. The van der Waals surface area contributed by atoms with Crippen LogP contribution in [-0.4, -0.2) is 72.2 Å². The summed E-state index contributed by atoms with van der Waals surface area (Å²) in [5.41, 5.74) is 6.02. The number of benzene rings is 1. The minimum absolute atomic E-state index is 0.0222. The number of aromatic amines is 2. The molecule has 11 nitrogen and oxygen atoms in total. The Morgan fingerprint density at radius 2 is 1.80 bits per heavy atom. The summed E-state index contributed by atoms with van der Waals surface area (Å²) in [6.45, 7) is 3.49. The number of halogens is 1. The number of nitrogens with zero attached hydrogens (tertiary/aromatic N) is 6.